The van der Waals surface area contributed by atoms with Gasteiger partial charge in [0.05, 0.1) is 23.0 Å². The van der Waals surface area contributed by atoms with Gasteiger partial charge >= 0.3 is 0 Å². The smallest absolute Gasteiger partial charge is 0.229 e. The number of rotatable bonds is 6. The van der Waals surface area contributed by atoms with Crippen LogP contribution in [0.3, 0.4) is 0 Å². The van der Waals surface area contributed by atoms with Crippen molar-refractivity contribution in [2.24, 2.45) is 0 Å². The van der Waals surface area contributed by atoms with Crippen molar-refractivity contribution in [2.75, 3.05) is 16.9 Å². The molecule has 156 valence electrons. The number of benzene rings is 2. The highest BCUT2D eigenvalue weighted by Crippen LogP contribution is 2.25. The number of hydrogen-bond acceptors (Lipinski definition) is 7. The highest BCUT2D eigenvalue weighted by molar-refractivity contribution is 7.89. The molecule has 4 aromatic rings. The average Bonchev–Trinajstić information content (AvgIpc) is 3.07. The van der Waals surface area contributed by atoms with Gasteiger partial charge in [-0.15, -0.1) is 6.42 Å². The number of aryl methyl sites for hydroxylation is 1. The van der Waals surface area contributed by atoms with E-state index in [0.29, 0.717) is 28.6 Å². The minimum Gasteiger partial charge on any atom is -0.339 e. The summed E-state index contributed by atoms with van der Waals surface area (Å²) in [6.07, 6.45) is 8.37. The molecule has 0 radical (unpaired) electrons. The van der Waals surface area contributed by atoms with Crippen LogP contribution in [-0.2, 0) is 15.6 Å². The van der Waals surface area contributed by atoms with Crippen molar-refractivity contribution in [3.05, 3.63) is 65.5 Å². The van der Waals surface area contributed by atoms with Crippen molar-refractivity contribution in [2.45, 2.75) is 12.7 Å². The van der Waals surface area contributed by atoms with E-state index in [1.54, 1.807) is 24.4 Å². The molecule has 0 fully saturated rings. The second kappa shape index (κ2) is 8.08. The van der Waals surface area contributed by atoms with Crippen LogP contribution in [0.15, 0.2) is 48.7 Å². The number of fused-ring (bicyclic) bond motifs is 1. The number of aromatic nitrogens is 4. The minimum absolute atomic E-state index is 0.0403. The molecule has 0 saturated heterocycles. The number of H-pyrrole nitrogens is 1. The van der Waals surface area contributed by atoms with E-state index < -0.39 is 9.84 Å². The molecular formula is C22H20N6O2S. The van der Waals surface area contributed by atoms with Crippen LogP contribution in [0.2, 0.25) is 0 Å². The molecule has 0 atom stereocenters. The van der Waals surface area contributed by atoms with E-state index in [1.165, 1.54) is 6.26 Å². The topological polar surface area (TPSA) is 113 Å². The normalized spacial score (nSPS) is 11.3. The Kier molecular flexibility index (Phi) is 5.31. The molecule has 0 bridgehead atoms. The molecule has 0 aliphatic carbocycles. The van der Waals surface area contributed by atoms with Crippen molar-refractivity contribution >= 4 is 43.9 Å². The summed E-state index contributed by atoms with van der Waals surface area (Å²) in [5.74, 6) is 3.34. The Morgan fingerprint density at radius 2 is 1.94 bits per heavy atom. The predicted octanol–water partition coefficient (Wildman–Crippen LogP) is 3.67. The maximum Gasteiger partial charge on any atom is 0.229 e. The summed E-state index contributed by atoms with van der Waals surface area (Å²) in [7, 11) is -3.13. The van der Waals surface area contributed by atoms with Crippen LogP contribution in [0.4, 0.5) is 23.1 Å². The lowest BCUT2D eigenvalue weighted by Gasteiger charge is -2.11. The standard InChI is InChI=1S/C22H20N6O2S/c1-4-16-12-23-22(25-17-7-5-6-15(10-17)13-31(3,29)30)26-21(16)24-18-8-9-19-14(2)27-28-20(19)11-18/h1,5-12H,13H2,2-3H3,(H,27,28)(H2,23,24,25,26). The maximum absolute atomic E-state index is 11.6. The monoisotopic (exact) mass is 432 g/mol. The molecule has 0 aliphatic heterocycles. The summed E-state index contributed by atoms with van der Waals surface area (Å²) >= 11 is 0. The molecule has 0 saturated carbocycles. The van der Waals surface area contributed by atoms with E-state index in [4.69, 9.17) is 6.42 Å². The van der Waals surface area contributed by atoms with E-state index in [-0.39, 0.29) is 5.75 Å². The second-order valence-corrected chi connectivity index (χ2v) is 9.34. The Balaban J connectivity index is 1.60. The Bertz CT molecular complexity index is 1420. The van der Waals surface area contributed by atoms with Crippen LogP contribution in [0.5, 0.6) is 0 Å². The second-order valence-electron chi connectivity index (χ2n) is 7.20. The molecule has 2 aromatic carbocycles. The van der Waals surface area contributed by atoms with E-state index in [9.17, 15) is 8.42 Å². The number of aromatic amines is 1. The summed E-state index contributed by atoms with van der Waals surface area (Å²) in [4.78, 5) is 8.77. The van der Waals surface area contributed by atoms with Gasteiger partial charge in [0.2, 0.25) is 5.95 Å². The van der Waals surface area contributed by atoms with E-state index in [0.717, 1.165) is 22.3 Å². The zero-order valence-electron chi connectivity index (χ0n) is 17.0. The number of terminal acetylenes is 1. The maximum atomic E-state index is 11.6. The third kappa shape index (κ3) is 4.82. The van der Waals surface area contributed by atoms with Crippen LogP contribution in [-0.4, -0.2) is 34.8 Å². The molecule has 0 unspecified atom stereocenters. The Labute approximate surface area is 180 Å². The van der Waals surface area contributed by atoms with Crippen molar-refractivity contribution < 1.29 is 8.42 Å². The lowest BCUT2D eigenvalue weighted by Crippen LogP contribution is -2.04. The van der Waals surface area contributed by atoms with Crippen molar-refractivity contribution in [1.29, 1.82) is 0 Å². The van der Waals surface area contributed by atoms with Gasteiger partial charge < -0.3 is 10.6 Å². The Morgan fingerprint density at radius 1 is 1.13 bits per heavy atom. The quantitative estimate of drug-likeness (QED) is 0.398. The molecule has 0 spiro atoms. The molecule has 8 nitrogen and oxygen atoms in total. The van der Waals surface area contributed by atoms with Gasteiger partial charge in [0.1, 0.15) is 0 Å². The zero-order valence-corrected chi connectivity index (χ0v) is 17.8. The molecule has 2 aromatic heterocycles. The first-order chi connectivity index (χ1) is 14.8. The average molecular weight is 433 g/mol. The number of nitrogens with zero attached hydrogens (tertiary/aromatic N) is 3. The molecule has 3 N–H and O–H groups in total. The fourth-order valence-corrected chi connectivity index (χ4v) is 3.96. The van der Waals surface area contributed by atoms with Crippen LogP contribution >= 0.6 is 0 Å². The van der Waals surface area contributed by atoms with Gasteiger partial charge in [-0.05, 0) is 42.8 Å². The highest BCUT2D eigenvalue weighted by atomic mass is 32.2. The molecule has 31 heavy (non-hydrogen) atoms. The van der Waals surface area contributed by atoms with Gasteiger partial charge in [0.15, 0.2) is 15.7 Å². The van der Waals surface area contributed by atoms with E-state index in [1.807, 2.05) is 31.2 Å². The number of sulfone groups is 1. The third-order valence-electron chi connectivity index (χ3n) is 4.56. The van der Waals surface area contributed by atoms with Gasteiger partial charge in [0, 0.05) is 28.7 Å². The van der Waals surface area contributed by atoms with Crippen molar-refractivity contribution in [3.63, 3.8) is 0 Å². The first-order valence-corrected chi connectivity index (χ1v) is 11.5. The summed E-state index contributed by atoms with van der Waals surface area (Å²) < 4.78 is 23.1. The molecule has 0 amide bonds. The van der Waals surface area contributed by atoms with Crippen LogP contribution in [0.1, 0.15) is 16.8 Å². The summed E-state index contributed by atoms with van der Waals surface area (Å²) in [6.45, 7) is 1.96. The van der Waals surface area contributed by atoms with Gasteiger partial charge in [-0.1, -0.05) is 18.1 Å². The first-order valence-electron chi connectivity index (χ1n) is 9.40. The van der Waals surface area contributed by atoms with Crippen LogP contribution in [0.25, 0.3) is 10.9 Å². The van der Waals surface area contributed by atoms with Crippen molar-refractivity contribution in [1.82, 2.24) is 20.2 Å². The molecule has 9 heteroatoms. The Hall–Kier alpha value is -3.90. The summed E-state index contributed by atoms with van der Waals surface area (Å²) in [6, 6.07) is 12.9. The lowest BCUT2D eigenvalue weighted by atomic mass is 10.2. The van der Waals surface area contributed by atoms with E-state index in [2.05, 4.69) is 36.7 Å². The number of nitrogens with one attached hydrogen (secondary N) is 3. The van der Waals surface area contributed by atoms with Crippen LogP contribution in [0, 0.1) is 19.3 Å². The van der Waals surface area contributed by atoms with Gasteiger partial charge in [-0.2, -0.15) is 10.1 Å². The highest BCUT2D eigenvalue weighted by Gasteiger charge is 2.10. The molecule has 0 aliphatic rings. The fourth-order valence-electron chi connectivity index (χ4n) is 3.17. The molecule has 4 rings (SSSR count). The lowest BCUT2D eigenvalue weighted by molar-refractivity contribution is 0.601. The minimum atomic E-state index is -3.13. The van der Waals surface area contributed by atoms with Gasteiger partial charge in [0.25, 0.3) is 0 Å². The Morgan fingerprint density at radius 3 is 2.71 bits per heavy atom. The zero-order chi connectivity index (χ0) is 22.0. The summed E-state index contributed by atoms with van der Waals surface area (Å²) in [5, 5.41) is 14.6. The van der Waals surface area contributed by atoms with Gasteiger partial charge in [-0.3, -0.25) is 5.10 Å². The van der Waals surface area contributed by atoms with E-state index >= 15 is 0 Å². The molecular weight excluding hydrogens is 412 g/mol. The van der Waals surface area contributed by atoms with Crippen LogP contribution < -0.4 is 10.6 Å². The number of anilines is 4. The van der Waals surface area contributed by atoms with Crippen molar-refractivity contribution in [3.8, 4) is 12.3 Å². The largest absolute Gasteiger partial charge is 0.339 e. The molecule has 2 heterocycles. The predicted molar refractivity (Wildman–Crippen MR) is 122 cm³/mol. The first kappa shape index (κ1) is 20.4. The SMILES string of the molecule is C#Cc1cnc(Nc2cccc(CS(C)(=O)=O)c2)nc1Nc1ccc2c(C)[nH]nc2c1. The fraction of sp³-hybridized carbons (Fsp3) is 0.136. The van der Waals surface area contributed by atoms with Gasteiger partial charge in [-0.25, -0.2) is 13.4 Å². The summed E-state index contributed by atoms with van der Waals surface area (Å²) in [5.41, 5.74) is 4.48. The third-order valence-corrected chi connectivity index (χ3v) is 5.42. The number of hydrogen-bond donors (Lipinski definition) is 3.